The summed E-state index contributed by atoms with van der Waals surface area (Å²) in [5.41, 5.74) is 2.23. The van der Waals surface area contributed by atoms with E-state index in [1.807, 2.05) is 36.1 Å². The Labute approximate surface area is 176 Å². The van der Waals surface area contributed by atoms with Crippen LogP contribution in [0.25, 0.3) is 0 Å². The molecule has 0 bridgehead atoms. The van der Waals surface area contributed by atoms with Gasteiger partial charge in [0, 0.05) is 24.4 Å². The van der Waals surface area contributed by atoms with Crippen molar-refractivity contribution in [2.75, 3.05) is 26.7 Å². The first-order chi connectivity index (χ1) is 14.1. The van der Waals surface area contributed by atoms with Gasteiger partial charge >= 0.3 is 0 Å². The van der Waals surface area contributed by atoms with Gasteiger partial charge in [-0.2, -0.15) is 0 Å². The first kappa shape index (κ1) is 21.1. The number of thiophene rings is 1. The molecule has 0 aliphatic carbocycles. The molecule has 0 unspecified atom stereocenters. The quantitative estimate of drug-likeness (QED) is 0.615. The number of carbonyl (C=O) groups excluding carboxylic acids is 2. The van der Waals surface area contributed by atoms with Crippen LogP contribution in [0.4, 0.5) is 0 Å². The number of rotatable bonds is 8. The smallest absolute Gasteiger partial charge is 0.243 e. The van der Waals surface area contributed by atoms with E-state index in [0.717, 1.165) is 24.2 Å². The Kier molecular flexibility index (Phi) is 7.09. The third-order valence-electron chi connectivity index (χ3n) is 5.21. The van der Waals surface area contributed by atoms with E-state index in [0.29, 0.717) is 19.5 Å². The maximum absolute atomic E-state index is 13.3. The second-order valence-electron chi connectivity index (χ2n) is 7.12. The van der Waals surface area contributed by atoms with Crippen LogP contribution in [0.3, 0.4) is 0 Å². The summed E-state index contributed by atoms with van der Waals surface area (Å²) in [6, 6.07) is 9.84. The van der Waals surface area contributed by atoms with Crippen LogP contribution in [0.1, 0.15) is 41.8 Å². The second kappa shape index (κ2) is 9.74. The van der Waals surface area contributed by atoms with Crippen molar-refractivity contribution in [2.45, 2.75) is 32.2 Å². The fourth-order valence-electron chi connectivity index (χ4n) is 3.77. The van der Waals surface area contributed by atoms with Crippen LogP contribution in [0.5, 0.6) is 5.75 Å². The highest BCUT2D eigenvalue weighted by molar-refractivity contribution is 7.10. The first-order valence-electron chi connectivity index (χ1n) is 9.97. The van der Waals surface area contributed by atoms with Crippen LogP contribution in [0.15, 0.2) is 48.4 Å². The highest BCUT2D eigenvalue weighted by Gasteiger charge is 2.33. The summed E-state index contributed by atoms with van der Waals surface area (Å²) >= 11 is 1.74. The molecule has 1 aliphatic heterocycles. The van der Waals surface area contributed by atoms with Gasteiger partial charge in [0.15, 0.2) is 0 Å². The molecule has 1 aromatic carbocycles. The minimum Gasteiger partial charge on any atom is -0.497 e. The molecular weight excluding hydrogens is 384 g/mol. The van der Waals surface area contributed by atoms with E-state index >= 15 is 0 Å². The fourth-order valence-corrected chi connectivity index (χ4v) is 4.67. The highest BCUT2D eigenvalue weighted by Crippen LogP contribution is 2.38. The zero-order valence-corrected chi connectivity index (χ0v) is 17.9. The highest BCUT2D eigenvalue weighted by atomic mass is 32.1. The first-order valence-corrected chi connectivity index (χ1v) is 10.8. The zero-order chi connectivity index (χ0) is 20.8. The van der Waals surface area contributed by atoms with Gasteiger partial charge < -0.3 is 14.5 Å². The number of hydrogen-bond acceptors (Lipinski definition) is 4. The van der Waals surface area contributed by atoms with Gasteiger partial charge in [0.2, 0.25) is 11.8 Å². The standard InChI is InChI=1S/C23H28N2O3S/c1-4-6-21(26)24(13-5-2)16-22(27)25-14-11-20-19(12-15-29-20)23(25)17-7-9-18(28-3)10-8-17/h5,7-10,12,15,23H,2,4,6,11,13-14,16H2,1,3H3/t23-/m0/s1. The molecule has 1 atom stereocenters. The molecule has 3 rings (SSSR count). The van der Waals surface area contributed by atoms with Gasteiger partial charge in [0.1, 0.15) is 12.3 Å². The summed E-state index contributed by atoms with van der Waals surface area (Å²) in [7, 11) is 1.64. The molecule has 0 radical (unpaired) electrons. The number of methoxy groups -OCH3 is 1. The van der Waals surface area contributed by atoms with Crippen molar-refractivity contribution in [1.29, 1.82) is 0 Å². The van der Waals surface area contributed by atoms with Gasteiger partial charge in [-0.15, -0.1) is 17.9 Å². The lowest BCUT2D eigenvalue weighted by molar-refractivity contribution is -0.141. The topological polar surface area (TPSA) is 49.9 Å². The van der Waals surface area contributed by atoms with E-state index in [1.165, 1.54) is 10.4 Å². The predicted octanol–water partition coefficient (Wildman–Crippen LogP) is 4.05. The minimum absolute atomic E-state index is 0.00465. The van der Waals surface area contributed by atoms with E-state index in [-0.39, 0.29) is 24.4 Å². The molecule has 0 fully saturated rings. The molecule has 154 valence electrons. The predicted molar refractivity (Wildman–Crippen MR) is 116 cm³/mol. The van der Waals surface area contributed by atoms with Crippen LogP contribution in [-0.2, 0) is 16.0 Å². The van der Waals surface area contributed by atoms with Crippen molar-refractivity contribution in [3.63, 3.8) is 0 Å². The van der Waals surface area contributed by atoms with Gasteiger partial charge in [-0.25, -0.2) is 0 Å². The van der Waals surface area contributed by atoms with Crippen molar-refractivity contribution in [3.05, 3.63) is 64.4 Å². The number of amides is 2. The lowest BCUT2D eigenvalue weighted by atomic mass is 9.93. The van der Waals surface area contributed by atoms with E-state index in [2.05, 4.69) is 18.0 Å². The third-order valence-corrected chi connectivity index (χ3v) is 6.21. The van der Waals surface area contributed by atoms with Gasteiger partial charge in [0.25, 0.3) is 0 Å². The number of carbonyl (C=O) groups is 2. The van der Waals surface area contributed by atoms with Crippen molar-refractivity contribution in [1.82, 2.24) is 9.80 Å². The molecule has 2 amide bonds. The molecule has 29 heavy (non-hydrogen) atoms. The second-order valence-corrected chi connectivity index (χ2v) is 8.13. The molecule has 6 heteroatoms. The molecule has 5 nitrogen and oxygen atoms in total. The molecule has 0 saturated heterocycles. The summed E-state index contributed by atoms with van der Waals surface area (Å²) in [5.74, 6) is 0.749. The molecule has 0 spiro atoms. The maximum atomic E-state index is 13.3. The van der Waals surface area contributed by atoms with Crippen molar-refractivity contribution in [2.24, 2.45) is 0 Å². The van der Waals surface area contributed by atoms with Crippen LogP contribution >= 0.6 is 11.3 Å². The Hall–Kier alpha value is -2.60. The normalized spacial score (nSPS) is 15.5. The minimum atomic E-state index is -0.143. The van der Waals surface area contributed by atoms with Gasteiger partial charge in [-0.3, -0.25) is 9.59 Å². The Bertz CT molecular complexity index is 859. The van der Waals surface area contributed by atoms with E-state index < -0.39 is 0 Å². The van der Waals surface area contributed by atoms with Crippen molar-refractivity contribution < 1.29 is 14.3 Å². The summed E-state index contributed by atoms with van der Waals surface area (Å²) in [5, 5.41) is 2.09. The maximum Gasteiger partial charge on any atom is 0.243 e. The number of benzene rings is 1. The third kappa shape index (κ3) is 4.70. The number of hydrogen-bond donors (Lipinski definition) is 0. The van der Waals surface area contributed by atoms with Crippen LogP contribution in [-0.4, -0.2) is 48.4 Å². The summed E-state index contributed by atoms with van der Waals surface area (Å²) in [6.45, 7) is 6.81. The SMILES string of the molecule is C=CCN(CC(=O)N1CCc2sccc2[C@@H]1c1ccc(OC)cc1)C(=O)CCC. The molecule has 2 aromatic rings. The van der Waals surface area contributed by atoms with E-state index in [9.17, 15) is 9.59 Å². The van der Waals surface area contributed by atoms with Gasteiger partial charge in [-0.05, 0) is 47.5 Å². The van der Waals surface area contributed by atoms with Crippen LogP contribution in [0, 0.1) is 0 Å². The molecular formula is C23H28N2O3S. The largest absolute Gasteiger partial charge is 0.497 e. The number of fused-ring (bicyclic) bond motifs is 1. The van der Waals surface area contributed by atoms with Gasteiger partial charge in [-0.1, -0.05) is 25.1 Å². The number of nitrogens with zero attached hydrogens (tertiary/aromatic N) is 2. The number of ether oxygens (including phenoxy) is 1. The van der Waals surface area contributed by atoms with Crippen LogP contribution in [0.2, 0.25) is 0 Å². The molecule has 0 N–H and O–H groups in total. The lowest BCUT2D eigenvalue weighted by Gasteiger charge is -2.37. The van der Waals surface area contributed by atoms with Gasteiger partial charge in [0.05, 0.1) is 13.2 Å². The molecule has 1 aliphatic rings. The summed E-state index contributed by atoms with van der Waals surface area (Å²) < 4.78 is 5.28. The Morgan fingerprint density at radius 3 is 2.72 bits per heavy atom. The summed E-state index contributed by atoms with van der Waals surface area (Å²) in [4.78, 5) is 30.6. The Morgan fingerprint density at radius 1 is 1.31 bits per heavy atom. The van der Waals surface area contributed by atoms with Crippen LogP contribution < -0.4 is 4.74 Å². The zero-order valence-electron chi connectivity index (χ0n) is 17.1. The average Bonchev–Trinajstić information content (AvgIpc) is 3.21. The van der Waals surface area contributed by atoms with E-state index in [1.54, 1.807) is 29.4 Å². The molecule has 1 aromatic heterocycles. The lowest BCUT2D eigenvalue weighted by Crippen LogP contribution is -2.46. The monoisotopic (exact) mass is 412 g/mol. The molecule has 0 saturated carbocycles. The average molecular weight is 413 g/mol. The van der Waals surface area contributed by atoms with Crippen molar-refractivity contribution >= 4 is 23.2 Å². The Balaban J connectivity index is 1.88. The Morgan fingerprint density at radius 2 is 2.07 bits per heavy atom. The van der Waals surface area contributed by atoms with Crippen molar-refractivity contribution in [3.8, 4) is 5.75 Å². The molecule has 2 heterocycles. The summed E-state index contributed by atoms with van der Waals surface area (Å²) in [6.07, 6.45) is 3.72. The van der Waals surface area contributed by atoms with E-state index in [4.69, 9.17) is 4.74 Å². The fraction of sp³-hybridized carbons (Fsp3) is 0.391.